The number of anilines is 1. The van der Waals surface area contributed by atoms with Crippen LogP contribution in [-0.2, 0) is 27.8 Å². The van der Waals surface area contributed by atoms with Crippen LogP contribution in [0.15, 0.2) is 48.6 Å². The van der Waals surface area contributed by atoms with E-state index in [9.17, 15) is 22.0 Å². The van der Waals surface area contributed by atoms with Crippen molar-refractivity contribution >= 4 is 33.2 Å². The van der Waals surface area contributed by atoms with E-state index in [2.05, 4.69) is 25.5 Å². The molecule has 13 heteroatoms. The predicted molar refractivity (Wildman–Crippen MR) is 208 cm³/mol. The molecule has 0 radical (unpaired) electrons. The van der Waals surface area contributed by atoms with Crippen molar-refractivity contribution in [3.63, 3.8) is 0 Å². The van der Waals surface area contributed by atoms with Gasteiger partial charge in [0.25, 0.3) is 11.8 Å². The number of piperidine rings is 1. The van der Waals surface area contributed by atoms with Crippen molar-refractivity contribution in [2.45, 2.75) is 94.6 Å². The van der Waals surface area contributed by atoms with E-state index in [0.29, 0.717) is 56.5 Å². The van der Waals surface area contributed by atoms with Crippen molar-refractivity contribution in [1.82, 2.24) is 14.5 Å². The number of hydrogen-bond donors (Lipinski definition) is 1. The molecule has 1 amide bonds. The number of nitrogens with one attached hydrogen (secondary N) is 1. The van der Waals surface area contributed by atoms with Crippen molar-refractivity contribution in [3.8, 4) is 5.75 Å². The van der Waals surface area contributed by atoms with Gasteiger partial charge in [-0.1, -0.05) is 36.7 Å². The van der Waals surface area contributed by atoms with Gasteiger partial charge in [0.15, 0.2) is 0 Å². The lowest BCUT2D eigenvalue weighted by molar-refractivity contribution is -0.119. The first-order valence-electron chi connectivity index (χ1n) is 19.7. The Bertz CT molecular complexity index is 1830. The number of ether oxygens (including phenoxy) is 2. The predicted octanol–water partition coefficient (Wildman–Crippen LogP) is 6.93. The number of carbonyl (C=O) groups excluding carboxylic acids is 1. The number of nitrogens with zero attached hydrogens (tertiary/aromatic N) is 3. The van der Waals surface area contributed by atoms with E-state index in [1.165, 1.54) is 0 Å². The lowest BCUT2D eigenvalue weighted by Crippen LogP contribution is -2.62. The average molecular weight is 789 g/mol. The van der Waals surface area contributed by atoms with Gasteiger partial charge >= 0.3 is 0 Å². The Balaban J connectivity index is 1.24. The summed E-state index contributed by atoms with van der Waals surface area (Å²) in [6.45, 7) is 8.32. The maximum atomic E-state index is 14.6. The molecule has 4 heterocycles. The molecule has 6 atom stereocenters. The largest absolute Gasteiger partial charge is 0.487 e. The number of methoxy groups -OCH3 is 1. The molecule has 2 bridgehead atoms. The van der Waals surface area contributed by atoms with E-state index in [-0.39, 0.29) is 42.2 Å². The summed E-state index contributed by atoms with van der Waals surface area (Å²) in [6, 6.07) is 10.9. The zero-order valence-corrected chi connectivity index (χ0v) is 33.3. The van der Waals surface area contributed by atoms with Gasteiger partial charge in [0.2, 0.25) is 10.0 Å². The maximum absolute atomic E-state index is 14.6. The van der Waals surface area contributed by atoms with Gasteiger partial charge in [-0.25, -0.2) is 21.9 Å². The topological polar surface area (TPSA) is 91.4 Å². The van der Waals surface area contributed by atoms with Gasteiger partial charge in [-0.3, -0.25) is 14.6 Å². The van der Waals surface area contributed by atoms with Crippen LogP contribution in [0.2, 0.25) is 5.02 Å². The van der Waals surface area contributed by atoms with Crippen LogP contribution in [0.1, 0.15) is 80.3 Å². The molecule has 4 aliphatic heterocycles. The number of hydrogen-bond acceptors (Lipinski definition) is 8. The number of allylic oxidation sites excluding steroid dienone is 1. The molecular formula is C41H55ClF2N4O5S. The first-order chi connectivity index (χ1) is 25.8. The number of fused-ring (bicyclic) bond motifs is 4. The van der Waals surface area contributed by atoms with Gasteiger partial charge in [0.05, 0.1) is 10.9 Å². The molecule has 5 aliphatic rings. The van der Waals surface area contributed by atoms with E-state index in [1.807, 2.05) is 31.2 Å². The third kappa shape index (κ3) is 8.48. The van der Waals surface area contributed by atoms with Crippen molar-refractivity contribution in [1.29, 1.82) is 0 Å². The van der Waals surface area contributed by atoms with E-state index >= 15 is 0 Å². The first-order valence-corrected chi connectivity index (χ1v) is 21.6. The second-order valence-corrected chi connectivity index (χ2v) is 18.9. The van der Waals surface area contributed by atoms with Crippen molar-refractivity contribution < 1.29 is 31.5 Å². The van der Waals surface area contributed by atoms with Crippen LogP contribution in [0, 0.1) is 17.8 Å². The highest BCUT2D eigenvalue weighted by Crippen LogP contribution is 2.47. The number of benzene rings is 2. The minimum Gasteiger partial charge on any atom is -0.487 e. The molecule has 1 aliphatic carbocycles. The van der Waals surface area contributed by atoms with E-state index in [4.69, 9.17) is 21.1 Å². The Morgan fingerprint density at radius 3 is 2.63 bits per heavy atom. The van der Waals surface area contributed by atoms with Gasteiger partial charge in [-0.15, -0.1) is 0 Å². The molecule has 0 aromatic heterocycles. The molecular weight excluding hydrogens is 734 g/mol. The summed E-state index contributed by atoms with van der Waals surface area (Å²) in [7, 11) is -2.26. The average Bonchev–Trinajstić information content (AvgIpc) is 3.14. The van der Waals surface area contributed by atoms with Crippen LogP contribution < -0.4 is 14.4 Å². The number of carbonyl (C=O) groups is 1. The van der Waals surface area contributed by atoms with Crippen LogP contribution in [-0.4, -0.2) is 99.9 Å². The van der Waals surface area contributed by atoms with Crippen LogP contribution in [0.25, 0.3) is 0 Å². The monoisotopic (exact) mass is 788 g/mol. The van der Waals surface area contributed by atoms with Gasteiger partial charge in [-0.05, 0) is 105 Å². The summed E-state index contributed by atoms with van der Waals surface area (Å²) < 4.78 is 71.8. The quantitative estimate of drug-likeness (QED) is 0.335. The fraction of sp³-hybridized carbons (Fsp3) is 0.634. The van der Waals surface area contributed by atoms with E-state index < -0.39 is 32.7 Å². The number of alkyl halides is 2. The van der Waals surface area contributed by atoms with Gasteiger partial charge < -0.3 is 14.4 Å². The number of rotatable bonds is 3. The third-order valence-electron chi connectivity index (χ3n) is 13.0. The molecule has 0 spiro atoms. The van der Waals surface area contributed by atoms with Crippen molar-refractivity contribution in [2.75, 3.05) is 57.8 Å². The standard InChI is InChI=1S/C41H55ClF2N4O5S/c1-28-7-6-15-40(52-3,27-46-19-20-47-18-16-41(43,44)23-35(47)25-46)36-13-10-32(36)24-48-17-5-4-8-30-21-34(42)12-9-33(30)26-53-38-14-11-31(22-37(38)48)39(49)45-54(50,51)29(28)2/h6,9,11-12,14-15,21-22,28-29,32,35-36H,4-5,7-8,10,13,16-20,23-27H2,1-3H3,(H,45,49)/b15-6+/t28-,29+,32-,35?,36+,40+/m0/s1. The summed E-state index contributed by atoms with van der Waals surface area (Å²) >= 11 is 6.39. The molecule has 1 N–H and O–H groups in total. The Labute approximate surface area is 324 Å². The summed E-state index contributed by atoms with van der Waals surface area (Å²) in [5, 5.41) is -0.156. The summed E-state index contributed by atoms with van der Waals surface area (Å²) in [6.07, 6.45) is 9.05. The maximum Gasteiger partial charge on any atom is 0.264 e. The Kier molecular flexibility index (Phi) is 11.7. The van der Waals surface area contributed by atoms with Crippen LogP contribution in [0.3, 0.4) is 0 Å². The molecule has 3 fully saturated rings. The van der Waals surface area contributed by atoms with Crippen molar-refractivity contribution in [2.24, 2.45) is 17.8 Å². The summed E-state index contributed by atoms with van der Waals surface area (Å²) in [5.41, 5.74) is 2.51. The number of aryl methyl sites for hydroxylation is 1. The lowest BCUT2D eigenvalue weighted by atomic mass is 9.63. The molecule has 1 unspecified atom stereocenters. The van der Waals surface area contributed by atoms with Gasteiger partial charge in [-0.2, -0.15) is 0 Å². The third-order valence-corrected chi connectivity index (χ3v) is 15.2. The van der Waals surface area contributed by atoms with Gasteiger partial charge in [0, 0.05) is 82.4 Å². The zero-order chi connectivity index (χ0) is 38.3. The molecule has 1 saturated carbocycles. The molecule has 2 aromatic carbocycles. The van der Waals surface area contributed by atoms with E-state index in [1.54, 1.807) is 32.2 Å². The fourth-order valence-corrected chi connectivity index (χ4v) is 10.8. The molecule has 54 heavy (non-hydrogen) atoms. The van der Waals surface area contributed by atoms with Gasteiger partial charge in [0.1, 0.15) is 18.0 Å². The molecule has 7 rings (SSSR count). The number of halogens is 3. The minimum atomic E-state index is -4.02. The first kappa shape index (κ1) is 39.5. The number of sulfonamides is 1. The van der Waals surface area contributed by atoms with Crippen LogP contribution in [0.4, 0.5) is 14.5 Å². The second kappa shape index (κ2) is 16.0. The molecule has 2 aromatic rings. The van der Waals surface area contributed by atoms with Crippen LogP contribution in [0.5, 0.6) is 5.75 Å². The normalized spacial score (nSPS) is 32.7. The highest BCUT2D eigenvalue weighted by Gasteiger charge is 2.50. The smallest absolute Gasteiger partial charge is 0.264 e. The molecule has 2 saturated heterocycles. The number of amides is 1. The summed E-state index contributed by atoms with van der Waals surface area (Å²) in [5.74, 6) is -2.61. The zero-order valence-electron chi connectivity index (χ0n) is 31.7. The SMILES string of the molecule is CO[C@@]1(CN2CCN3CCC(F)(F)CC3C2)/C=C/C[C@H](C)[C@@H](C)S(=O)(=O)NC(=O)c2ccc3c(c2)N(CCCCc2cc(Cl)ccc2CO3)C[C@@H]2CC[C@H]21. The Hall–Kier alpha value is -2.77. The molecule has 296 valence electrons. The van der Waals surface area contributed by atoms with Crippen LogP contribution >= 0.6 is 11.6 Å². The lowest BCUT2D eigenvalue weighted by Gasteiger charge is -2.53. The highest BCUT2D eigenvalue weighted by atomic mass is 35.5. The highest BCUT2D eigenvalue weighted by molar-refractivity contribution is 7.90. The summed E-state index contributed by atoms with van der Waals surface area (Å²) in [4.78, 5) is 20.4. The minimum absolute atomic E-state index is 0.0819. The number of piperazine rings is 1. The van der Waals surface area contributed by atoms with E-state index in [0.717, 1.165) is 62.0 Å². The Morgan fingerprint density at radius 2 is 1.85 bits per heavy atom. The fourth-order valence-electron chi connectivity index (χ4n) is 9.32. The Morgan fingerprint density at radius 1 is 1.02 bits per heavy atom. The molecule has 9 nitrogen and oxygen atoms in total. The second-order valence-electron chi connectivity index (χ2n) is 16.4. The van der Waals surface area contributed by atoms with Crippen molar-refractivity contribution in [3.05, 3.63) is 70.3 Å².